The molecule has 0 nitrogen and oxygen atoms in total. The van der Waals surface area contributed by atoms with Crippen LogP contribution in [-0.2, 0) is 0 Å². The van der Waals surface area contributed by atoms with Crippen molar-refractivity contribution in [2.24, 2.45) is 0 Å². The highest BCUT2D eigenvalue weighted by molar-refractivity contribution is 7.63. The summed E-state index contributed by atoms with van der Waals surface area (Å²) in [6.07, 6.45) is 0. The third-order valence-electron chi connectivity index (χ3n) is 4.29. The van der Waals surface area contributed by atoms with Gasteiger partial charge in [-0.25, -0.2) is 0 Å². The summed E-state index contributed by atoms with van der Waals surface area (Å²) in [7, 11) is -2.00. The molecule has 19 heavy (non-hydrogen) atoms. The minimum atomic E-state index is -1.19. The first-order chi connectivity index (χ1) is 9.03. The summed E-state index contributed by atoms with van der Waals surface area (Å²) in [6, 6.07) is 22.4. The van der Waals surface area contributed by atoms with Crippen LogP contribution in [0.15, 0.2) is 60.7 Å². The number of hydrogen-bond donors (Lipinski definition) is 0. The summed E-state index contributed by atoms with van der Waals surface area (Å²) >= 11 is 0. The van der Waals surface area contributed by atoms with Crippen molar-refractivity contribution in [2.45, 2.75) is 26.2 Å². The van der Waals surface area contributed by atoms with Crippen LogP contribution in [0, 0.1) is 0 Å². The van der Waals surface area contributed by atoms with E-state index in [2.05, 4.69) is 86.9 Å². The average Bonchev–Trinajstić information content (AvgIpc) is 2.47. The zero-order chi connectivity index (χ0) is 13.9. The molecule has 0 aliphatic carbocycles. The average molecular weight is 299 g/mol. The Kier molecular flexibility index (Phi) is 4.60. The molecule has 0 saturated carbocycles. The molecule has 0 aliphatic heterocycles. The standard InChI is InChI=1S/C16H22Si3/c1-17(15-11-7-5-8-12-15)19(3,4)18(2)16-13-9-6-10-14-16/h5-14H,1-4H3. The van der Waals surface area contributed by atoms with Crippen LogP contribution in [0.5, 0.6) is 0 Å². The van der Waals surface area contributed by atoms with Gasteiger partial charge in [0, 0.05) is 7.11 Å². The van der Waals surface area contributed by atoms with Gasteiger partial charge in [0.2, 0.25) is 0 Å². The van der Waals surface area contributed by atoms with Crippen molar-refractivity contribution in [1.82, 2.24) is 0 Å². The minimum absolute atomic E-state index is 0.405. The zero-order valence-corrected chi connectivity index (χ0v) is 15.3. The molecule has 2 aromatic carbocycles. The van der Waals surface area contributed by atoms with Gasteiger partial charge in [-0.3, -0.25) is 0 Å². The van der Waals surface area contributed by atoms with Gasteiger partial charge in [0.15, 0.2) is 0 Å². The van der Waals surface area contributed by atoms with E-state index in [0.29, 0.717) is 0 Å². The Morgan fingerprint density at radius 1 is 0.632 bits per heavy atom. The van der Waals surface area contributed by atoms with E-state index in [-0.39, 0.29) is 0 Å². The highest BCUT2D eigenvalue weighted by Gasteiger charge is 2.38. The van der Waals surface area contributed by atoms with E-state index in [1.165, 1.54) is 0 Å². The normalized spacial score (nSPS) is 12.1. The fourth-order valence-corrected chi connectivity index (χ4v) is 20.4. The Morgan fingerprint density at radius 3 is 1.26 bits per heavy atom. The molecule has 3 heteroatoms. The maximum atomic E-state index is 2.61. The van der Waals surface area contributed by atoms with Gasteiger partial charge in [0.1, 0.15) is 0 Å². The molecule has 0 heterocycles. The van der Waals surface area contributed by atoms with Gasteiger partial charge in [-0.1, -0.05) is 97.2 Å². The van der Waals surface area contributed by atoms with Gasteiger partial charge >= 0.3 is 0 Å². The molecule has 0 N–H and O–H groups in total. The van der Waals surface area contributed by atoms with Gasteiger partial charge in [0.25, 0.3) is 0 Å². The van der Waals surface area contributed by atoms with Crippen molar-refractivity contribution < 1.29 is 0 Å². The largest absolute Gasteiger partial charge is 0.0729 e. The lowest BCUT2D eigenvalue weighted by atomic mass is 10.4. The van der Waals surface area contributed by atoms with E-state index in [0.717, 1.165) is 0 Å². The van der Waals surface area contributed by atoms with E-state index in [4.69, 9.17) is 0 Å². The van der Waals surface area contributed by atoms with E-state index >= 15 is 0 Å². The highest BCUT2D eigenvalue weighted by Crippen LogP contribution is 2.12. The van der Waals surface area contributed by atoms with Gasteiger partial charge in [-0.05, 0) is 0 Å². The smallest absolute Gasteiger partial charge is 0.0715 e. The van der Waals surface area contributed by atoms with Gasteiger partial charge in [-0.2, -0.15) is 0 Å². The molecule has 0 amide bonds. The summed E-state index contributed by atoms with van der Waals surface area (Å²) in [5.41, 5.74) is 0. The second kappa shape index (κ2) is 6.03. The molecule has 0 aliphatic rings. The zero-order valence-electron chi connectivity index (χ0n) is 12.3. The molecule has 2 rings (SSSR count). The first-order valence-corrected chi connectivity index (χ1v) is 15.8. The summed E-state index contributed by atoms with van der Waals surface area (Å²) < 4.78 is 0. The van der Waals surface area contributed by atoms with Crippen LogP contribution in [0.2, 0.25) is 26.2 Å². The van der Waals surface area contributed by atoms with Crippen LogP contribution in [0.4, 0.5) is 0 Å². The summed E-state index contributed by atoms with van der Waals surface area (Å²) in [4.78, 5) is 0. The molecular formula is C16H22Si3. The Bertz CT molecular complexity index is 461. The van der Waals surface area contributed by atoms with Crippen molar-refractivity contribution in [3.63, 3.8) is 0 Å². The second-order valence-corrected chi connectivity index (χ2v) is 26.0. The molecule has 2 radical (unpaired) electrons. The highest BCUT2D eigenvalue weighted by atomic mass is 29.6. The number of rotatable bonds is 4. The lowest BCUT2D eigenvalue weighted by Crippen LogP contribution is -2.64. The third kappa shape index (κ3) is 3.16. The summed E-state index contributed by atoms with van der Waals surface area (Å²) in [6.45, 7) is 10.3. The molecule has 0 spiro atoms. The fraction of sp³-hybridized carbons (Fsp3) is 0.250. The number of benzene rings is 2. The molecule has 98 valence electrons. The van der Waals surface area contributed by atoms with Crippen LogP contribution in [0.1, 0.15) is 0 Å². The summed E-state index contributed by atoms with van der Waals surface area (Å²) in [5.74, 6) is 0. The predicted molar refractivity (Wildman–Crippen MR) is 92.9 cm³/mol. The van der Waals surface area contributed by atoms with Crippen molar-refractivity contribution in [3.05, 3.63) is 60.7 Å². The molecule has 0 aromatic heterocycles. The molecule has 0 saturated heterocycles. The van der Waals surface area contributed by atoms with E-state index in [1.807, 2.05) is 0 Å². The fourth-order valence-electron chi connectivity index (χ4n) is 2.38. The van der Waals surface area contributed by atoms with Crippen molar-refractivity contribution in [2.75, 3.05) is 0 Å². The van der Waals surface area contributed by atoms with Crippen molar-refractivity contribution in [3.8, 4) is 0 Å². The first kappa shape index (κ1) is 14.5. The number of hydrogen-bond acceptors (Lipinski definition) is 0. The van der Waals surface area contributed by atoms with E-state index in [9.17, 15) is 0 Å². The molecule has 2 aromatic rings. The topological polar surface area (TPSA) is 0 Å². The van der Waals surface area contributed by atoms with Crippen LogP contribution in [0.3, 0.4) is 0 Å². The van der Waals surface area contributed by atoms with Crippen molar-refractivity contribution >= 4 is 34.1 Å². The predicted octanol–water partition coefficient (Wildman–Crippen LogP) is 2.92. The Morgan fingerprint density at radius 2 is 0.947 bits per heavy atom. The second-order valence-electron chi connectivity index (χ2n) is 5.61. The maximum Gasteiger partial charge on any atom is 0.0715 e. The van der Waals surface area contributed by atoms with Crippen LogP contribution >= 0.6 is 0 Å². The van der Waals surface area contributed by atoms with Crippen molar-refractivity contribution in [1.29, 1.82) is 0 Å². The lowest BCUT2D eigenvalue weighted by Gasteiger charge is -2.34. The molecule has 0 fully saturated rings. The SMILES string of the molecule is C[Si](c1ccccc1)[Si](C)(C)[Si](C)c1ccccc1. The lowest BCUT2D eigenvalue weighted by molar-refractivity contribution is 1.74. The molecule has 0 bridgehead atoms. The van der Waals surface area contributed by atoms with E-state index < -0.39 is 23.7 Å². The quantitative estimate of drug-likeness (QED) is 0.762. The molecule has 0 unspecified atom stereocenters. The summed E-state index contributed by atoms with van der Waals surface area (Å²) in [5, 5.41) is 3.23. The van der Waals surface area contributed by atoms with Crippen LogP contribution < -0.4 is 10.4 Å². The molecule has 0 atom stereocenters. The minimum Gasteiger partial charge on any atom is -0.0729 e. The Balaban J connectivity index is 2.27. The maximum absolute atomic E-state index is 2.61. The molecular weight excluding hydrogens is 276 g/mol. The first-order valence-electron chi connectivity index (χ1n) is 6.82. The Labute approximate surface area is 121 Å². The van der Waals surface area contributed by atoms with Crippen LogP contribution in [-0.4, -0.2) is 23.7 Å². The van der Waals surface area contributed by atoms with Gasteiger partial charge in [-0.15, -0.1) is 0 Å². The Hall–Kier alpha value is -0.909. The van der Waals surface area contributed by atoms with E-state index in [1.54, 1.807) is 10.4 Å². The van der Waals surface area contributed by atoms with Gasteiger partial charge in [0.05, 0.1) is 16.6 Å². The van der Waals surface area contributed by atoms with Gasteiger partial charge < -0.3 is 0 Å². The monoisotopic (exact) mass is 298 g/mol. The van der Waals surface area contributed by atoms with Crippen LogP contribution in [0.25, 0.3) is 0 Å². The third-order valence-corrected chi connectivity index (χ3v) is 30.2.